The minimum atomic E-state index is 0. The smallest absolute Gasteiger partial charge is 0.0890 e. The van der Waals surface area contributed by atoms with E-state index in [1.807, 2.05) is 4.90 Å². The van der Waals surface area contributed by atoms with E-state index in [1.165, 1.54) is 0 Å². The van der Waals surface area contributed by atoms with Gasteiger partial charge in [-0.05, 0) is 6.20 Å². The van der Waals surface area contributed by atoms with Crippen molar-refractivity contribution in [1.29, 1.82) is 0 Å². The van der Waals surface area contributed by atoms with E-state index in [2.05, 4.69) is 11.6 Å². The Kier molecular flexibility index (Phi) is 3.85. The maximum absolute atomic E-state index is 3.97. The van der Waals surface area contributed by atoms with E-state index < -0.39 is 0 Å². The molecule has 46 valence electrons. The Labute approximate surface area is 66.3 Å². The Bertz CT molecular complexity index is 101. The molecule has 0 radical (unpaired) electrons. The van der Waals surface area contributed by atoms with Gasteiger partial charge in [0.1, 0.15) is 0 Å². The summed E-state index contributed by atoms with van der Waals surface area (Å²) in [6.45, 7) is 5.50. The number of hydrogen-bond donors (Lipinski definition) is 0. The van der Waals surface area contributed by atoms with E-state index in [-0.39, 0.29) is 24.0 Å². The van der Waals surface area contributed by atoms with E-state index in [0.29, 0.717) is 0 Å². The van der Waals surface area contributed by atoms with Crippen LogP contribution in [0.4, 0.5) is 0 Å². The molecule has 0 aromatic rings. The van der Waals surface area contributed by atoms with Gasteiger partial charge < -0.3 is 4.90 Å². The zero-order valence-electron chi connectivity index (χ0n) is 4.58. The van der Waals surface area contributed by atoms with Crippen molar-refractivity contribution in [1.82, 2.24) is 4.90 Å². The predicted molar refractivity (Wildman–Crippen MR) is 45.7 cm³/mol. The van der Waals surface area contributed by atoms with Crippen molar-refractivity contribution in [2.75, 3.05) is 13.1 Å². The fourth-order valence-electron chi connectivity index (χ4n) is 0.532. The topological polar surface area (TPSA) is 15.6 Å². The summed E-state index contributed by atoms with van der Waals surface area (Å²) in [6.07, 6.45) is 3.57. The van der Waals surface area contributed by atoms with Crippen molar-refractivity contribution in [2.24, 2.45) is 4.99 Å². The highest BCUT2D eigenvalue weighted by molar-refractivity contribution is 14.0. The third kappa shape index (κ3) is 1.81. The molecule has 2 nitrogen and oxygen atoms in total. The van der Waals surface area contributed by atoms with Crippen LogP contribution in [0.25, 0.3) is 0 Å². The van der Waals surface area contributed by atoms with Crippen LogP contribution in [-0.2, 0) is 0 Å². The monoisotopic (exact) mass is 224 g/mol. The summed E-state index contributed by atoms with van der Waals surface area (Å²) in [7, 11) is 0. The average molecular weight is 224 g/mol. The SMILES string of the molecule is C=CN1C=NCC1.I. The van der Waals surface area contributed by atoms with Gasteiger partial charge in [0.2, 0.25) is 0 Å². The van der Waals surface area contributed by atoms with E-state index in [1.54, 1.807) is 12.5 Å². The maximum Gasteiger partial charge on any atom is 0.0890 e. The highest BCUT2D eigenvalue weighted by atomic mass is 127. The molecule has 0 aliphatic carbocycles. The van der Waals surface area contributed by atoms with Crippen LogP contribution in [0.5, 0.6) is 0 Å². The molecule has 0 unspecified atom stereocenters. The van der Waals surface area contributed by atoms with E-state index in [4.69, 9.17) is 0 Å². The lowest BCUT2D eigenvalue weighted by Crippen LogP contribution is -2.09. The summed E-state index contributed by atoms with van der Waals surface area (Å²) in [6, 6.07) is 0. The molecule has 1 aliphatic rings. The molecule has 0 saturated carbocycles. The zero-order valence-corrected chi connectivity index (χ0v) is 6.91. The van der Waals surface area contributed by atoms with Crippen LogP contribution >= 0.6 is 24.0 Å². The molecule has 1 rings (SSSR count). The van der Waals surface area contributed by atoms with Crippen molar-refractivity contribution in [3.05, 3.63) is 12.8 Å². The third-order valence-electron chi connectivity index (χ3n) is 0.952. The van der Waals surface area contributed by atoms with Gasteiger partial charge in [-0.25, -0.2) is 0 Å². The first-order valence-corrected chi connectivity index (χ1v) is 2.32. The second-order valence-electron chi connectivity index (χ2n) is 1.44. The van der Waals surface area contributed by atoms with Crippen molar-refractivity contribution < 1.29 is 0 Å². The maximum atomic E-state index is 3.97. The van der Waals surface area contributed by atoms with Crippen LogP contribution in [0.15, 0.2) is 17.8 Å². The van der Waals surface area contributed by atoms with E-state index in [0.717, 1.165) is 13.1 Å². The average Bonchev–Trinajstić information content (AvgIpc) is 2.14. The summed E-state index contributed by atoms with van der Waals surface area (Å²) >= 11 is 0. The van der Waals surface area contributed by atoms with Gasteiger partial charge in [-0.2, -0.15) is 0 Å². The van der Waals surface area contributed by atoms with Crippen LogP contribution in [0.1, 0.15) is 0 Å². The van der Waals surface area contributed by atoms with Gasteiger partial charge in [-0.1, -0.05) is 6.58 Å². The van der Waals surface area contributed by atoms with Gasteiger partial charge >= 0.3 is 0 Å². The van der Waals surface area contributed by atoms with Crippen molar-refractivity contribution in [3.63, 3.8) is 0 Å². The molecule has 0 atom stereocenters. The minimum Gasteiger partial charge on any atom is -0.338 e. The number of nitrogens with zero attached hydrogens (tertiary/aromatic N) is 2. The largest absolute Gasteiger partial charge is 0.338 e. The fraction of sp³-hybridized carbons (Fsp3) is 0.400. The quantitative estimate of drug-likeness (QED) is 0.609. The molecular weight excluding hydrogens is 215 g/mol. The number of rotatable bonds is 1. The second-order valence-corrected chi connectivity index (χ2v) is 1.44. The molecule has 3 heteroatoms. The Morgan fingerprint density at radius 3 is 2.75 bits per heavy atom. The van der Waals surface area contributed by atoms with E-state index >= 15 is 0 Å². The molecule has 0 spiro atoms. The molecule has 0 saturated heterocycles. The first-order chi connectivity index (χ1) is 3.43. The van der Waals surface area contributed by atoms with Crippen LogP contribution in [-0.4, -0.2) is 24.3 Å². The molecule has 0 amide bonds. The Morgan fingerprint density at radius 2 is 2.50 bits per heavy atom. The minimum absolute atomic E-state index is 0. The highest BCUT2D eigenvalue weighted by Gasteiger charge is 1.96. The van der Waals surface area contributed by atoms with Gasteiger partial charge in [-0.3, -0.25) is 4.99 Å². The van der Waals surface area contributed by atoms with Crippen molar-refractivity contribution in [2.45, 2.75) is 0 Å². The number of hydrogen-bond acceptors (Lipinski definition) is 2. The van der Waals surface area contributed by atoms with Crippen molar-refractivity contribution in [3.8, 4) is 0 Å². The fourth-order valence-corrected chi connectivity index (χ4v) is 0.532. The summed E-state index contributed by atoms with van der Waals surface area (Å²) < 4.78 is 0. The Balaban J connectivity index is 0.000000490. The van der Waals surface area contributed by atoms with Crippen molar-refractivity contribution >= 4 is 30.3 Å². The van der Waals surface area contributed by atoms with Crippen LogP contribution in [0.2, 0.25) is 0 Å². The molecule has 1 aliphatic heterocycles. The lowest BCUT2D eigenvalue weighted by Gasteiger charge is -2.02. The molecule has 0 aromatic carbocycles. The first-order valence-electron chi connectivity index (χ1n) is 2.32. The Morgan fingerprint density at radius 1 is 1.75 bits per heavy atom. The molecule has 1 heterocycles. The molecule has 0 N–H and O–H groups in total. The second kappa shape index (κ2) is 3.88. The summed E-state index contributed by atoms with van der Waals surface area (Å²) in [5.74, 6) is 0. The summed E-state index contributed by atoms with van der Waals surface area (Å²) in [5.41, 5.74) is 0. The lowest BCUT2D eigenvalue weighted by molar-refractivity contribution is 0.626. The van der Waals surface area contributed by atoms with Crippen LogP contribution in [0, 0.1) is 0 Å². The van der Waals surface area contributed by atoms with Crippen LogP contribution in [0.3, 0.4) is 0 Å². The standard InChI is InChI=1S/C5H8N2.HI/c1-2-7-4-3-6-5-7;/h2,5H,1,3-4H2;1H. The molecule has 0 fully saturated rings. The number of halogens is 1. The summed E-state index contributed by atoms with van der Waals surface area (Å²) in [4.78, 5) is 5.92. The van der Waals surface area contributed by atoms with Gasteiger partial charge in [0.15, 0.2) is 0 Å². The molecule has 0 aromatic heterocycles. The first kappa shape index (κ1) is 7.94. The third-order valence-corrected chi connectivity index (χ3v) is 0.952. The molecule has 8 heavy (non-hydrogen) atoms. The van der Waals surface area contributed by atoms with Gasteiger partial charge in [0.05, 0.1) is 12.9 Å². The molecule has 0 bridgehead atoms. The van der Waals surface area contributed by atoms with Gasteiger partial charge in [0, 0.05) is 6.54 Å². The number of aliphatic imine (C=N–C) groups is 1. The summed E-state index contributed by atoms with van der Waals surface area (Å²) in [5, 5.41) is 0. The Hall–Kier alpha value is -0.0600. The predicted octanol–water partition coefficient (Wildman–Crippen LogP) is 1.09. The lowest BCUT2D eigenvalue weighted by atomic mass is 10.6. The van der Waals surface area contributed by atoms with Gasteiger partial charge in [-0.15, -0.1) is 24.0 Å². The van der Waals surface area contributed by atoms with Crippen LogP contribution < -0.4 is 0 Å². The molecular formula is C5H9IN2. The van der Waals surface area contributed by atoms with E-state index in [9.17, 15) is 0 Å². The van der Waals surface area contributed by atoms with Gasteiger partial charge in [0.25, 0.3) is 0 Å². The highest BCUT2D eigenvalue weighted by Crippen LogP contribution is 1.90. The normalized spacial score (nSPS) is 15.8. The zero-order chi connectivity index (χ0) is 5.11.